The zero-order chi connectivity index (χ0) is 22.2. The summed E-state index contributed by atoms with van der Waals surface area (Å²) in [7, 11) is 1.73. The lowest BCUT2D eigenvalue weighted by molar-refractivity contribution is -0.0250. The van der Waals surface area contributed by atoms with E-state index in [-0.39, 0.29) is 6.10 Å². The van der Waals surface area contributed by atoms with Gasteiger partial charge in [0.25, 0.3) is 0 Å². The Bertz CT molecular complexity index is 873. The largest absolute Gasteiger partial charge is 0.495 e. The van der Waals surface area contributed by atoms with E-state index in [4.69, 9.17) is 14.5 Å². The van der Waals surface area contributed by atoms with E-state index in [1.807, 2.05) is 12.1 Å². The van der Waals surface area contributed by atoms with E-state index in [1.165, 1.54) is 5.56 Å². The highest BCUT2D eigenvalue weighted by Gasteiger charge is 2.28. The number of aliphatic imine (C=N–C) groups is 1. The molecule has 32 heavy (non-hydrogen) atoms. The van der Waals surface area contributed by atoms with Crippen molar-refractivity contribution in [1.82, 2.24) is 10.6 Å². The Kier molecular flexibility index (Phi) is 7.88. The molecule has 0 radical (unpaired) electrons. The summed E-state index contributed by atoms with van der Waals surface area (Å²) in [5.74, 6) is 2.23. The van der Waals surface area contributed by atoms with E-state index >= 15 is 0 Å². The van der Waals surface area contributed by atoms with Gasteiger partial charge in [-0.05, 0) is 43.9 Å². The van der Waals surface area contributed by atoms with Gasteiger partial charge in [0.15, 0.2) is 5.96 Å². The first-order valence-electron chi connectivity index (χ1n) is 11.9. The summed E-state index contributed by atoms with van der Waals surface area (Å²) >= 11 is 0. The lowest BCUT2D eigenvalue weighted by atomic mass is 9.89. The number of ether oxygens (including phenoxy) is 2. The Morgan fingerprint density at radius 3 is 2.75 bits per heavy atom. The number of nitrogens with one attached hydrogen (secondary N) is 2. The van der Waals surface area contributed by atoms with Gasteiger partial charge in [-0.15, -0.1) is 0 Å². The van der Waals surface area contributed by atoms with Gasteiger partial charge in [-0.2, -0.15) is 0 Å². The molecule has 6 heteroatoms. The lowest BCUT2D eigenvalue weighted by Crippen LogP contribution is -2.45. The van der Waals surface area contributed by atoms with Crippen LogP contribution in [0.2, 0.25) is 0 Å². The summed E-state index contributed by atoms with van der Waals surface area (Å²) < 4.78 is 11.7. The molecule has 2 heterocycles. The maximum absolute atomic E-state index is 6.16. The first-order chi connectivity index (χ1) is 15.8. The van der Waals surface area contributed by atoms with Crippen LogP contribution in [0.3, 0.4) is 0 Å². The summed E-state index contributed by atoms with van der Waals surface area (Å²) in [6.45, 7) is 6.49. The number of benzene rings is 2. The average molecular weight is 437 g/mol. The normalized spacial score (nSPS) is 23.8. The Morgan fingerprint density at radius 2 is 1.94 bits per heavy atom. The second-order valence-electron chi connectivity index (χ2n) is 8.57. The molecule has 3 unspecified atom stereocenters. The van der Waals surface area contributed by atoms with Crippen molar-refractivity contribution in [3.05, 3.63) is 60.2 Å². The average Bonchev–Trinajstić information content (AvgIpc) is 3.31. The van der Waals surface area contributed by atoms with Crippen LogP contribution in [0.1, 0.15) is 37.9 Å². The number of hydrogen-bond acceptors (Lipinski definition) is 4. The number of rotatable bonds is 7. The van der Waals surface area contributed by atoms with E-state index < -0.39 is 0 Å². The molecule has 6 nitrogen and oxygen atoms in total. The molecule has 2 N–H and O–H groups in total. The molecule has 0 bridgehead atoms. The van der Waals surface area contributed by atoms with Crippen LogP contribution < -0.4 is 20.3 Å². The van der Waals surface area contributed by atoms with Crippen LogP contribution in [0.15, 0.2) is 59.6 Å². The Balaban J connectivity index is 1.39. The molecule has 2 fully saturated rings. The third kappa shape index (κ3) is 5.54. The Hall–Kier alpha value is -2.73. The molecular weight excluding hydrogens is 400 g/mol. The second-order valence-corrected chi connectivity index (χ2v) is 8.57. The minimum absolute atomic E-state index is 0.129. The predicted molar refractivity (Wildman–Crippen MR) is 131 cm³/mol. The van der Waals surface area contributed by atoms with E-state index in [2.05, 4.69) is 64.9 Å². The molecule has 2 aliphatic heterocycles. The molecule has 2 aromatic rings. The minimum Gasteiger partial charge on any atom is -0.495 e. The summed E-state index contributed by atoms with van der Waals surface area (Å²) in [6, 6.07) is 19.2. The van der Waals surface area contributed by atoms with Gasteiger partial charge in [-0.1, -0.05) is 42.5 Å². The fourth-order valence-corrected chi connectivity index (χ4v) is 4.75. The molecule has 2 aliphatic rings. The maximum atomic E-state index is 6.16. The first kappa shape index (κ1) is 22.5. The maximum Gasteiger partial charge on any atom is 0.191 e. The second kappa shape index (κ2) is 11.2. The number of anilines is 1. The third-order valence-corrected chi connectivity index (χ3v) is 6.36. The van der Waals surface area contributed by atoms with Crippen LogP contribution in [0.25, 0.3) is 0 Å². The van der Waals surface area contributed by atoms with Gasteiger partial charge in [0.1, 0.15) is 5.75 Å². The molecule has 0 saturated carbocycles. The van der Waals surface area contributed by atoms with Crippen LogP contribution in [0.4, 0.5) is 5.69 Å². The SMILES string of the molecule is CCNC(=NCC1CCCOC1c1ccccc1)NC1CCN(c2ccccc2OC)C1. The summed E-state index contributed by atoms with van der Waals surface area (Å²) in [5.41, 5.74) is 2.42. The molecule has 172 valence electrons. The van der Waals surface area contributed by atoms with Crippen molar-refractivity contribution in [3.8, 4) is 5.75 Å². The molecule has 2 saturated heterocycles. The fourth-order valence-electron chi connectivity index (χ4n) is 4.75. The zero-order valence-corrected chi connectivity index (χ0v) is 19.3. The molecule has 0 aromatic heterocycles. The van der Waals surface area contributed by atoms with Crippen molar-refractivity contribution in [2.75, 3.05) is 44.8 Å². The van der Waals surface area contributed by atoms with E-state index in [9.17, 15) is 0 Å². The monoisotopic (exact) mass is 436 g/mol. The van der Waals surface area contributed by atoms with Gasteiger partial charge < -0.3 is 25.0 Å². The first-order valence-corrected chi connectivity index (χ1v) is 11.9. The number of nitrogens with zero attached hydrogens (tertiary/aromatic N) is 2. The van der Waals surface area contributed by atoms with Crippen LogP contribution in [0.5, 0.6) is 5.75 Å². The Morgan fingerprint density at radius 1 is 1.12 bits per heavy atom. The highest BCUT2D eigenvalue weighted by atomic mass is 16.5. The van der Waals surface area contributed by atoms with Crippen molar-refractivity contribution in [3.63, 3.8) is 0 Å². The fraction of sp³-hybridized carbons (Fsp3) is 0.500. The van der Waals surface area contributed by atoms with Gasteiger partial charge in [0.2, 0.25) is 0 Å². The number of hydrogen-bond donors (Lipinski definition) is 2. The Labute approximate surface area is 192 Å². The van der Waals surface area contributed by atoms with E-state index in [1.54, 1.807) is 7.11 Å². The highest BCUT2D eigenvalue weighted by molar-refractivity contribution is 5.80. The molecule has 0 amide bonds. The van der Waals surface area contributed by atoms with Crippen molar-refractivity contribution >= 4 is 11.6 Å². The summed E-state index contributed by atoms with van der Waals surface area (Å²) in [5, 5.41) is 7.10. The van der Waals surface area contributed by atoms with Gasteiger partial charge in [0.05, 0.1) is 18.9 Å². The van der Waals surface area contributed by atoms with E-state index in [0.717, 1.165) is 69.4 Å². The van der Waals surface area contributed by atoms with Crippen LogP contribution in [-0.2, 0) is 4.74 Å². The number of guanidine groups is 1. The van der Waals surface area contributed by atoms with Crippen molar-refractivity contribution < 1.29 is 9.47 Å². The smallest absolute Gasteiger partial charge is 0.191 e. The molecule has 3 atom stereocenters. The van der Waals surface area contributed by atoms with Crippen LogP contribution in [-0.4, -0.2) is 51.9 Å². The van der Waals surface area contributed by atoms with Crippen molar-refractivity contribution in [2.24, 2.45) is 10.9 Å². The van der Waals surface area contributed by atoms with Crippen LogP contribution >= 0.6 is 0 Å². The predicted octanol–water partition coefficient (Wildman–Crippen LogP) is 4.00. The minimum atomic E-state index is 0.129. The summed E-state index contributed by atoms with van der Waals surface area (Å²) in [4.78, 5) is 7.37. The lowest BCUT2D eigenvalue weighted by Gasteiger charge is -2.31. The highest BCUT2D eigenvalue weighted by Crippen LogP contribution is 2.34. The topological polar surface area (TPSA) is 58.1 Å². The molecule has 2 aromatic carbocycles. The van der Waals surface area contributed by atoms with Gasteiger partial charge in [-0.3, -0.25) is 4.99 Å². The number of methoxy groups -OCH3 is 1. The summed E-state index contributed by atoms with van der Waals surface area (Å²) in [6.07, 6.45) is 3.45. The quantitative estimate of drug-likeness (QED) is 0.508. The third-order valence-electron chi connectivity index (χ3n) is 6.36. The molecule has 4 rings (SSSR count). The number of para-hydroxylation sites is 2. The van der Waals surface area contributed by atoms with Crippen molar-refractivity contribution in [2.45, 2.75) is 38.3 Å². The van der Waals surface area contributed by atoms with Gasteiger partial charge >= 0.3 is 0 Å². The molecular formula is C26H36N4O2. The molecule has 0 aliphatic carbocycles. The standard InChI is InChI=1S/C26H36N4O2/c1-3-27-26(28-18-21-12-9-17-32-25(21)20-10-5-4-6-11-20)29-22-15-16-30(19-22)23-13-7-8-14-24(23)31-2/h4-8,10-11,13-14,21-22,25H,3,9,12,15-19H2,1-2H3,(H2,27,28,29). The van der Waals surface area contributed by atoms with Crippen molar-refractivity contribution in [1.29, 1.82) is 0 Å². The van der Waals surface area contributed by atoms with Gasteiger partial charge in [-0.25, -0.2) is 0 Å². The van der Waals surface area contributed by atoms with E-state index in [0.29, 0.717) is 12.0 Å². The van der Waals surface area contributed by atoms with Gasteiger partial charge in [0, 0.05) is 44.7 Å². The molecule has 0 spiro atoms. The van der Waals surface area contributed by atoms with Crippen LogP contribution in [0, 0.1) is 5.92 Å². The zero-order valence-electron chi connectivity index (χ0n) is 19.3.